The highest BCUT2D eigenvalue weighted by molar-refractivity contribution is 5.76. The molecule has 0 amide bonds. The van der Waals surface area contributed by atoms with Gasteiger partial charge in [-0.25, -0.2) is 4.39 Å². The van der Waals surface area contributed by atoms with Gasteiger partial charge in [0.2, 0.25) is 0 Å². The van der Waals surface area contributed by atoms with Crippen LogP contribution in [-0.2, 0) is 9.53 Å². The molecule has 0 spiro atoms. The van der Waals surface area contributed by atoms with Gasteiger partial charge in [0.1, 0.15) is 5.82 Å². The Labute approximate surface area is 173 Å². The van der Waals surface area contributed by atoms with E-state index >= 15 is 0 Å². The van der Waals surface area contributed by atoms with Crippen molar-refractivity contribution in [1.29, 1.82) is 0 Å². The van der Waals surface area contributed by atoms with Crippen LogP contribution >= 0.6 is 0 Å². The molecule has 1 heterocycles. The van der Waals surface area contributed by atoms with Crippen LogP contribution in [0.5, 0.6) is 0 Å². The SMILES string of the molecule is COCC1(CNC2CC2)CCN(CC2(C(=O)O)CCC2)CC1.Fc1ccccc1. The molecular formula is C23H35FN2O3. The van der Waals surface area contributed by atoms with Gasteiger partial charge in [-0.15, -0.1) is 0 Å². The molecule has 1 saturated heterocycles. The number of aliphatic carboxylic acids is 1. The van der Waals surface area contributed by atoms with E-state index in [0.717, 1.165) is 70.9 Å². The number of carboxylic acid groups (broad SMARTS) is 1. The van der Waals surface area contributed by atoms with Crippen LogP contribution in [0.25, 0.3) is 0 Å². The van der Waals surface area contributed by atoms with Crippen LogP contribution in [0, 0.1) is 16.6 Å². The lowest BCUT2D eigenvalue weighted by atomic mass is 9.68. The Morgan fingerprint density at radius 1 is 1.21 bits per heavy atom. The van der Waals surface area contributed by atoms with Crippen molar-refractivity contribution in [1.82, 2.24) is 10.2 Å². The van der Waals surface area contributed by atoms with Crippen LogP contribution in [0.4, 0.5) is 4.39 Å². The minimum atomic E-state index is -0.595. The minimum Gasteiger partial charge on any atom is -0.481 e. The summed E-state index contributed by atoms with van der Waals surface area (Å²) in [6.45, 7) is 4.60. The maximum Gasteiger partial charge on any atom is 0.310 e. The summed E-state index contributed by atoms with van der Waals surface area (Å²) in [6, 6.07) is 8.67. The van der Waals surface area contributed by atoms with Gasteiger partial charge in [0, 0.05) is 31.7 Å². The fourth-order valence-electron chi connectivity index (χ4n) is 4.40. The van der Waals surface area contributed by atoms with Gasteiger partial charge in [0.05, 0.1) is 12.0 Å². The van der Waals surface area contributed by atoms with Crippen molar-refractivity contribution in [2.45, 2.75) is 51.0 Å². The fourth-order valence-corrected chi connectivity index (χ4v) is 4.40. The molecule has 162 valence electrons. The van der Waals surface area contributed by atoms with E-state index in [2.05, 4.69) is 10.2 Å². The maximum absolute atomic E-state index is 11.9. The normalized spacial score (nSPS) is 22.8. The van der Waals surface area contributed by atoms with Crippen molar-refractivity contribution in [3.05, 3.63) is 36.1 Å². The molecule has 3 fully saturated rings. The molecule has 0 aromatic heterocycles. The lowest BCUT2D eigenvalue weighted by Gasteiger charge is -2.46. The number of rotatable bonds is 8. The van der Waals surface area contributed by atoms with E-state index in [0.29, 0.717) is 0 Å². The fraction of sp³-hybridized carbons (Fsp3) is 0.696. The van der Waals surface area contributed by atoms with Crippen molar-refractivity contribution >= 4 is 5.97 Å². The van der Waals surface area contributed by atoms with Gasteiger partial charge in [0.15, 0.2) is 0 Å². The Morgan fingerprint density at radius 2 is 1.86 bits per heavy atom. The molecule has 0 radical (unpaired) electrons. The highest BCUT2D eigenvalue weighted by Gasteiger charge is 2.46. The summed E-state index contributed by atoms with van der Waals surface area (Å²) >= 11 is 0. The molecule has 4 rings (SSSR count). The Hall–Kier alpha value is -1.50. The first-order valence-electron chi connectivity index (χ1n) is 10.9. The van der Waals surface area contributed by atoms with Gasteiger partial charge in [0.25, 0.3) is 0 Å². The lowest BCUT2D eigenvalue weighted by Crippen LogP contribution is -2.53. The zero-order valence-electron chi connectivity index (χ0n) is 17.5. The zero-order chi connectivity index (χ0) is 20.7. The molecule has 1 aromatic rings. The highest BCUT2D eigenvalue weighted by atomic mass is 19.1. The van der Waals surface area contributed by atoms with Crippen LogP contribution in [0.3, 0.4) is 0 Å². The number of piperidine rings is 1. The number of halogens is 1. The second kappa shape index (κ2) is 10.0. The number of likely N-dealkylation sites (tertiary alicyclic amines) is 1. The van der Waals surface area contributed by atoms with E-state index in [1.54, 1.807) is 25.3 Å². The minimum absolute atomic E-state index is 0.178. The monoisotopic (exact) mass is 406 g/mol. The second-order valence-corrected chi connectivity index (χ2v) is 9.10. The smallest absolute Gasteiger partial charge is 0.310 e. The average Bonchev–Trinajstić information content (AvgIpc) is 3.50. The van der Waals surface area contributed by atoms with Crippen molar-refractivity contribution in [3.63, 3.8) is 0 Å². The quantitative estimate of drug-likeness (QED) is 0.691. The van der Waals surface area contributed by atoms with Gasteiger partial charge in [-0.3, -0.25) is 4.79 Å². The maximum atomic E-state index is 11.9. The summed E-state index contributed by atoms with van der Waals surface area (Å²) in [6.07, 6.45) is 7.62. The highest BCUT2D eigenvalue weighted by Crippen LogP contribution is 2.43. The number of benzene rings is 1. The first-order chi connectivity index (χ1) is 14.0. The van der Waals surface area contributed by atoms with Gasteiger partial charge in [-0.2, -0.15) is 0 Å². The van der Waals surface area contributed by atoms with Crippen molar-refractivity contribution in [2.75, 3.05) is 39.9 Å². The first kappa shape index (κ1) is 22.2. The summed E-state index contributed by atoms with van der Waals surface area (Å²) in [7, 11) is 1.79. The first-order valence-corrected chi connectivity index (χ1v) is 10.9. The molecule has 1 aliphatic heterocycles. The Kier molecular flexibility index (Phi) is 7.66. The number of carboxylic acids is 1. The summed E-state index contributed by atoms with van der Waals surface area (Å²) in [5.74, 6) is -0.773. The zero-order valence-corrected chi connectivity index (χ0v) is 17.5. The van der Waals surface area contributed by atoms with E-state index < -0.39 is 11.4 Å². The van der Waals surface area contributed by atoms with Gasteiger partial charge < -0.3 is 20.1 Å². The molecular weight excluding hydrogens is 371 g/mol. The van der Waals surface area contributed by atoms with Gasteiger partial charge >= 0.3 is 5.97 Å². The Morgan fingerprint density at radius 3 is 2.28 bits per heavy atom. The third-order valence-corrected chi connectivity index (χ3v) is 6.73. The number of ether oxygens (including phenoxy) is 1. The number of hydrogen-bond acceptors (Lipinski definition) is 4. The van der Waals surface area contributed by atoms with Crippen molar-refractivity contribution in [2.24, 2.45) is 10.8 Å². The van der Waals surface area contributed by atoms with Crippen LogP contribution in [0.1, 0.15) is 44.9 Å². The van der Waals surface area contributed by atoms with Crippen LogP contribution in [0.15, 0.2) is 30.3 Å². The Bertz CT molecular complexity index is 639. The third-order valence-electron chi connectivity index (χ3n) is 6.73. The average molecular weight is 407 g/mol. The number of nitrogens with one attached hydrogen (secondary N) is 1. The summed E-state index contributed by atoms with van der Waals surface area (Å²) in [5.41, 5.74) is -0.211. The van der Waals surface area contributed by atoms with Crippen molar-refractivity contribution < 1.29 is 19.0 Å². The topological polar surface area (TPSA) is 61.8 Å². The predicted molar refractivity (Wildman–Crippen MR) is 111 cm³/mol. The molecule has 6 heteroatoms. The molecule has 0 unspecified atom stereocenters. The third kappa shape index (κ3) is 6.24. The molecule has 2 saturated carbocycles. The molecule has 29 heavy (non-hydrogen) atoms. The van der Waals surface area contributed by atoms with Gasteiger partial charge in [-0.1, -0.05) is 24.6 Å². The number of methoxy groups -OCH3 is 1. The van der Waals surface area contributed by atoms with E-state index in [-0.39, 0.29) is 11.2 Å². The van der Waals surface area contributed by atoms with E-state index in [9.17, 15) is 14.3 Å². The second-order valence-electron chi connectivity index (χ2n) is 9.10. The lowest BCUT2D eigenvalue weighted by molar-refractivity contribution is -0.157. The summed E-state index contributed by atoms with van der Waals surface area (Å²) < 4.78 is 17.4. The number of hydrogen-bond donors (Lipinski definition) is 2. The van der Waals surface area contributed by atoms with Crippen LogP contribution in [0.2, 0.25) is 0 Å². The molecule has 2 aliphatic carbocycles. The molecule has 3 aliphatic rings. The molecule has 5 nitrogen and oxygen atoms in total. The summed E-state index contributed by atoms with van der Waals surface area (Å²) in [4.78, 5) is 13.9. The number of nitrogens with zero attached hydrogens (tertiary/aromatic N) is 1. The van der Waals surface area contributed by atoms with E-state index in [4.69, 9.17) is 4.74 Å². The van der Waals surface area contributed by atoms with Crippen LogP contribution in [-0.4, -0.2) is 61.9 Å². The van der Waals surface area contributed by atoms with Gasteiger partial charge in [-0.05, 0) is 63.7 Å². The molecule has 0 bridgehead atoms. The molecule has 1 aromatic carbocycles. The predicted octanol–water partition coefficient (Wildman–Crippen LogP) is 3.55. The molecule has 0 atom stereocenters. The van der Waals surface area contributed by atoms with E-state index in [1.165, 1.54) is 25.0 Å². The van der Waals surface area contributed by atoms with Crippen LogP contribution < -0.4 is 5.32 Å². The van der Waals surface area contributed by atoms with Crippen molar-refractivity contribution in [3.8, 4) is 0 Å². The standard InChI is InChI=1S/C17H30N2O3.C6H5F/c1-22-13-16(11-18-14-3-4-14)7-9-19(10-8-16)12-17(15(20)21)5-2-6-17;7-6-4-2-1-3-5-6/h14,18H,2-13H2,1H3,(H,20,21);1-5H. The molecule has 2 N–H and O–H groups in total. The largest absolute Gasteiger partial charge is 0.481 e. The number of carbonyl (C=O) groups is 1. The Balaban J connectivity index is 0.000000290. The summed E-state index contributed by atoms with van der Waals surface area (Å²) in [5, 5.41) is 13.2. The van der Waals surface area contributed by atoms with E-state index in [1.807, 2.05) is 0 Å².